The van der Waals surface area contributed by atoms with E-state index in [2.05, 4.69) is 224 Å². The van der Waals surface area contributed by atoms with Crippen molar-refractivity contribution in [2.45, 2.75) is 64.2 Å². The van der Waals surface area contributed by atoms with Crippen LogP contribution in [0.25, 0.3) is 99.1 Å². The molecule has 0 aromatic heterocycles. The minimum Gasteiger partial charge on any atom is -0.0619 e. The van der Waals surface area contributed by atoms with Crippen LogP contribution in [0.5, 0.6) is 0 Å². The first kappa shape index (κ1) is 37.5. The fourth-order valence-electron chi connectivity index (χ4n) is 12.3. The fourth-order valence-corrected chi connectivity index (χ4v) is 12.3. The van der Waals surface area contributed by atoms with Gasteiger partial charge in [0, 0.05) is 10.8 Å². The first-order chi connectivity index (χ1) is 31.1. The highest BCUT2D eigenvalue weighted by molar-refractivity contribution is 6.25. The summed E-state index contributed by atoms with van der Waals surface area (Å²) in [6.07, 6.45) is 0. The number of benzene rings is 10. The van der Waals surface area contributed by atoms with Gasteiger partial charge in [-0.25, -0.2) is 0 Å². The van der Waals surface area contributed by atoms with Gasteiger partial charge in [-0.05, 0) is 175 Å². The predicted molar refractivity (Wildman–Crippen MR) is 273 cm³/mol. The molecule has 3 aliphatic carbocycles. The normalized spacial score (nSPS) is 17.2. The number of fused-ring (bicyclic) bond motifs is 15. The van der Waals surface area contributed by atoms with Crippen molar-refractivity contribution in [3.05, 3.63) is 215 Å². The van der Waals surface area contributed by atoms with E-state index in [-0.39, 0.29) is 10.8 Å². The molecule has 2 unspecified atom stereocenters. The number of rotatable bonds is 3. The average Bonchev–Trinajstić information content (AvgIpc) is 3.70. The first-order valence-electron chi connectivity index (χ1n) is 23.2. The number of hydrogen-bond donors (Lipinski definition) is 0. The Morgan fingerprint density at radius 1 is 0.266 bits per heavy atom. The van der Waals surface area contributed by atoms with E-state index in [1.165, 1.54) is 132 Å². The summed E-state index contributed by atoms with van der Waals surface area (Å²) in [6.45, 7) is 14.4. The van der Waals surface area contributed by atoms with E-state index < -0.39 is 0 Å². The van der Waals surface area contributed by atoms with Crippen LogP contribution < -0.4 is 0 Å². The third-order valence-corrected chi connectivity index (χ3v) is 16.1. The summed E-state index contributed by atoms with van der Waals surface area (Å²) < 4.78 is 0. The lowest BCUT2D eigenvalue weighted by molar-refractivity contribution is 0.616. The van der Waals surface area contributed by atoms with Gasteiger partial charge in [0.25, 0.3) is 0 Å². The molecule has 0 saturated heterocycles. The molecule has 13 rings (SSSR count). The lowest BCUT2D eigenvalue weighted by Crippen LogP contribution is -2.15. The molecule has 64 heavy (non-hydrogen) atoms. The van der Waals surface area contributed by atoms with Crippen LogP contribution in [0.3, 0.4) is 0 Å². The maximum Gasteiger partial charge on any atom is 0.0159 e. The Hall–Kier alpha value is -7.02. The van der Waals surface area contributed by atoms with Crippen molar-refractivity contribution >= 4 is 32.3 Å². The van der Waals surface area contributed by atoms with E-state index in [0.717, 1.165) is 0 Å². The molecule has 0 aliphatic heterocycles. The van der Waals surface area contributed by atoms with Gasteiger partial charge in [-0.1, -0.05) is 193 Å². The van der Waals surface area contributed by atoms with E-state index in [1.807, 2.05) is 0 Å². The second-order valence-corrected chi connectivity index (χ2v) is 20.1. The summed E-state index contributed by atoms with van der Waals surface area (Å²) in [7, 11) is 0. The summed E-state index contributed by atoms with van der Waals surface area (Å²) in [5.41, 5.74) is 24.2. The molecule has 3 aliphatic rings. The minimum atomic E-state index is -0.144. The zero-order valence-corrected chi connectivity index (χ0v) is 37.5. The molecule has 0 radical (unpaired) electrons. The Morgan fingerprint density at radius 2 is 0.578 bits per heavy atom. The van der Waals surface area contributed by atoms with Gasteiger partial charge < -0.3 is 0 Å². The summed E-state index contributed by atoms with van der Waals surface area (Å²) >= 11 is 0. The van der Waals surface area contributed by atoms with Crippen LogP contribution in [-0.4, -0.2) is 0 Å². The molecular weight excluding hydrogens is 769 g/mol. The average molecular weight is 819 g/mol. The number of hydrogen-bond acceptors (Lipinski definition) is 0. The van der Waals surface area contributed by atoms with Crippen LogP contribution in [0, 0.1) is 0 Å². The second-order valence-electron chi connectivity index (χ2n) is 20.1. The molecule has 0 nitrogen and oxygen atoms in total. The quantitative estimate of drug-likeness (QED) is 0.156. The van der Waals surface area contributed by atoms with Gasteiger partial charge in [0.1, 0.15) is 0 Å². The van der Waals surface area contributed by atoms with Crippen molar-refractivity contribution in [1.29, 1.82) is 0 Å². The molecule has 0 fully saturated rings. The molecule has 0 N–H and O–H groups in total. The maximum atomic E-state index is 2.48. The second kappa shape index (κ2) is 13.3. The Morgan fingerprint density at radius 3 is 1.05 bits per heavy atom. The smallest absolute Gasteiger partial charge is 0.0159 e. The van der Waals surface area contributed by atoms with E-state index in [0.29, 0.717) is 11.8 Å². The predicted octanol–water partition coefficient (Wildman–Crippen LogP) is 17.6. The zero-order chi connectivity index (χ0) is 43.2. The van der Waals surface area contributed by atoms with Gasteiger partial charge in [-0.15, -0.1) is 0 Å². The Kier molecular flexibility index (Phi) is 7.77. The van der Waals surface area contributed by atoms with Crippen molar-refractivity contribution in [3.8, 4) is 66.8 Å². The molecule has 0 heteroatoms. The molecule has 0 bridgehead atoms. The molecule has 0 spiro atoms. The molecule has 0 heterocycles. The van der Waals surface area contributed by atoms with Crippen molar-refractivity contribution in [2.24, 2.45) is 0 Å². The third kappa shape index (κ3) is 5.17. The Bertz CT molecular complexity index is 3610. The van der Waals surface area contributed by atoms with Gasteiger partial charge in [-0.2, -0.15) is 0 Å². The zero-order valence-electron chi connectivity index (χ0n) is 37.5. The SMILES string of the molecule is CC1c2ccccc2-c2ccc(-c3ccc4c(c3)C(C)(C)c3cc(-c5ccc6c(c5)C(C)(C)c5cc(-c7ccc8c9ccccc9c9ccccc9c8c7)ccc5-6)ccc3-4)cc2C1C. The third-order valence-electron chi connectivity index (χ3n) is 16.1. The van der Waals surface area contributed by atoms with E-state index in [4.69, 9.17) is 0 Å². The van der Waals surface area contributed by atoms with Crippen LogP contribution in [-0.2, 0) is 10.8 Å². The summed E-state index contributed by atoms with van der Waals surface area (Å²) in [5.74, 6) is 0.958. The van der Waals surface area contributed by atoms with Crippen LogP contribution in [0.15, 0.2) is 182 Å². The van der Waals surface area contributed by atoms with Gasteiger partial charge >= 0.3 is 0 Å². The lowest BCUT2D eigenvalue weighted by atomic mass is 9.72. The van der Waals surface area contributed by atoms with Crippen LogP contribution in [0.2, 0.25) is 0 Å². The molecule has 10 aromatic carbocycles. The lowest BCUT2D eigenvalue weighted by Gasteiger charge is -2.31. The fraction of sp³-hybridized carbons (Fsp3) is 0.156. The van der Waals surface area contributed by atoms with Gasteiger partial charge in [0.2, 0.25) is 0 Å². The topological polar surface area (TPSA) is 0 Å². The molecular formula is C64H50. The highest BCUT2D eigenvalue weighted by atomic mass is 14.4. The van der Waals surface area contributed by atoms with Crippen molar-refractivity contribution < 1.29 is 0 Å². The minimum absolute atomic E-state index is 0.129. The Balaban J connectivity index is 0.830. The molecule has 10 aromatic rings. The Labute approximate surface area is 376 Å². The van der Waals surface area contributed by atoms with Gasteiger partial charge in [0.15, 0.2) is 0 Å². The molecule has 0 amide bonds. The molecule has 0 saturated carbocycles. The highest BCUT2D eigenvalue weighted by Gasteiger charge is 2.38. The summed E-state index contributed by atoms with van der Waals surface area (Å²) in [4.78, 5) is 0. The van der Waals surface area contributed by atoms with E-state index in [1.54, 1.807) is 0 Å². The van der Waals surface area contributed by atoms with E-state index >= 15 is 0 Å². The van der Waals surface area contributed by atoms with Crippen LogP contribution in [0.1, 0.15) is 86.8 Å². The van der Waals surface area contributed by atoms with Crippen LogP contribution >= 0.6 is 0 Å². The first-order valence-corrected chi connectivity index (χ1v) is 23.2. The summed E-state index contributed by atoms with van der Waals surface area (Å²) in [6, 6.07) is 69.7. The van der Waals surface area contributed by atoms with Gasteiger partial charge in [0.05, 0.1) is 0 Å². The van der Waals surface area contributed by atoms with Crippen molar-refractivity contribution in [3.63, 3.8) is 0 Å². The maximum absolute atomic E-state index is 2.48. The molecule has 306 valence electrons. The van der Waals surface area contributed by atoms with Gasteiger partial charge in [-0.3, -0.25) is 0 Å². The van der Waals surface area contributed by atoms with Crippen LogP contribution in [0.4, 0.5) is 0 Å². The van der Waals surface area contributed by atoms with Crippen molar-refractivity contribution in [2.75, 3.05) is 0 Å². The highest BCUT2D eigenvalue weighted by Crippen LogP contribution is 2.54. The van der Waals surface area contributed by atoms with E-state index in [9.17, 15) is 0 Å². The summed E-state index contributed by atoms with van der Waals surface area (Å²) in [5, 5.41) is 7.87. The molecule has 2 atom stereocenters. The van der Waals surface area contributed by atoms with Crippen molar-refractivity contribution in [1.82, 2.24) is 0 Å². The largest absolute Gasteiger partial charge is 0.0619 e. The monoisotopic (exact) mass is 818 g/mol. The standard InChI is InChI=1S/C64H50/c1-37-38(2)57-31-39(19-25-51(57)46-14-8-7-13-45(37)46)41-21-27-53-55-29-23-43(35-61(55)63(3,4)59(53)33-41)44-24-30-56-54-28-22-42(34-60(54)64(5,6)62(56)36-44)40-20-26-52-49-17-10-9-15-47(49)48-16-11-12-18-50(48)58(52)32-40/h7-38H,1-6H3.